The third-order valence-corrected chi connectivity index (χ3v) is 3.29. The quantitative estimate of drug-likeness (QED) is 0.880. The van der Waals surface area contributed by atoms with E-state index in [1.807, 2.05) is 20.8 Å². The molecule has 0 bridgehead atoms. The lowest BCUT2D eigenvalue weighted by molar-refractivity contribution is -0.137. The molecule has 0 spiro atoms. The number of carboxylic acid groups (broad SMARTS) is 1. The van der Waals surface area contributed by atoms with Crippen molar-refractivity contribution in [2.24, 2.45) is 0 Å². The molecule has 20 heavy (non-hydrogen) atoms. The van der Waals surface area contributed by atoms with Gasteiger partial charge in [0.25, 0.3) is 5.91 Å². The highest BCUT2D eigenvalue weighted by atomic mass is 79.9. The molecule has 0 atom stereocenters. The molecule has 110 valence electrons. The Morgan fingerprint density at radius 3 is 2.35 bits per heavy atom. The average molecular weight is 344 g/mol. The van der Waals surface area contributed by atoms with Crippen LogP contribution in [0.5, 0.6) is 5.75 Å². The van der Waals surface area contributed by atoms with Crippen molar-refractivity contribution in [1.82, 2.24) is 4.90 Å². The summed E-state index contributed by atoms with van der Waals surface area (Å²) < 4.78 is 0.666. The van der Waals surface area contributed by atoms with E-state index in [1.165, 1.54) is 17.0 Å². The molecule has 0 saturated carbocycles. The molecule has 0 aromatic heterocycles. The van der Waals surface area contributed by atoms with Crippen molar-refractivity contribution >= 4 is 27.8 Å². The zero-order chi connectivity index (χ0) is 15.5. The van der Waals surface area contributed by atoms with Crippen molar-refractivity contribution in [2.75, 3.05) is 6.54 Å². The van der Waals surface area contributed by atoms with E-state index in [4.69, 9.17) is 5.11 Å². The van der Waals surface area contributed by atoms with Gasteiger partial charge in [-0.3, -0.25) is 9.59 Å². The lowest BCUT2D eigenvalue weighted by Crippen LogP contribution is -2.46. The maximum absolute atomic E-state index is 12.5. The van der Waals surface area contributed by atoms with Crippen LogP contribution in [0.1, 0.15) is 37.6 Å². The second-order valence-electron chi connectivity index (χ2n) is 5.43. The van der Waals surface area contributed by atoms with E-state index in [1.54, 1.807) is 6.07 Å². The van der Waals surface area contributed by atoms with Crippen molar-refractivity contribution in [1.29, 1.82) is 0 Å². The number of hydrogen-bond donors (Lipinski definition) is 2. The standard InChI is InChI=1S/C14H18BrNO4/c1-14(2,3)16(7-6-12(18)19)13(20)10-5-4-9(15)8-11(10)17/h4-5,8,17H,6-7H2,1-3H3,(H,18,19). The van der Waals surface area contributed by atoms with Gasteiger partial charge >= 0.3 is 5.97 Å². The number of halogens is 1. The summed E-state index contributed by atoms with van der Waals surface area (Å²) in [4.78, 5) is 24.7. The fraction of sp³-hybridized carbons (Fsp3) is 0.429. The summed E-state index contributed by atoms with van der Waals surface area (Å²) >= 11 is 3.21. The molecule has 1 aromatic carbocycles. The predicted molar refractivity (Wildman–Crippen MR) is 78.8 cm³/mol. The second kappa shape index (κ2) is 6.26. The van der Waals surface area contributed by atoms with E-state index in [9.17, 15) is 14.7 Å². The minimum absolute atomic E-state index is 0.0904. The highest BCUT2D eigenvalue weighted by molar-refractivity contribution is 9.10. The number of carbonyl (C=O) groups excluding carboxylic acids is 1. The molecule has 1 amide bonds. The molecule has 0 heterocycles. The van der Waals surface area contributed by atoms with Crippen molar-refractivity contribution < 1.29 is 19.8 Å². The minimum Gasteiger partial charge on any atom is -0.507 e. The Kier molecular flexibility index (Phi) is 5.16. The Bertz CT molecular complexity index is 522. The molecular formula is C14H18BrNO4. The van der Waals surface area contributed by atoms with Crippen LogP contribution in [-0.2, 0) is 4.79 Å². The summed E-state index contributed by atoms with van der Waals surface area (Å²) in [5.41, 5.74) is -0.375. The molecule has 0 aliphatic heterocycles. The van der Waals surface area contributed by atoms with Gasteiger partial charge in [-0.2, -0.15) is 0 Å². The zero-order valence-corrected chi connectivity index (χ0v) is 13.3. The van der Waals surface area contributed by atoms with Crippen molar-refractivity contribution in [3.05, 3.63) is 28.2 Å². The molecule has 0 radical (unpaired) electrons. The Hall–Kier alpha value is -1.56. The fourth-order valence-electron chi connectivity index (χ4n) is 1.78. The normalized spacial score (nSPS) is 11.2. The lowest BCUT2D eigenvalue weighted by atomic mass is 10.0. The van der Waals surface area contributed by atoms with Gasteiger partial charge in [0.1, 0.15) is 5.75 Å². The van der Waals surface area contributed by atoms with Gasteiger partial charge in [0, 0.05) is 16.6 Å². The number of rotatable bonds is 4. The number of benzene rings is 1. The predicted octanol–water partition coefficient (Wildman–Crippen LogP) is 2.87. The minimum atomic E-state index is -0.966. The molecule has 5 nitrogen and oxygen atoms in total. The number of aromatic hydroxyl groups is 1. The van der Waals surface area contributed by atoms with E-state index in [-0.39, 0.29) is 30.2 Å². The molecule has 0 fully saturated rings. The van der Waals surface area contributed by atoms with Gasteiger partial charge in [-0.1, -0.05) is 15.9 Å². The highest BCUT2D eigenvalue weighted by Gasteiger charge is 2.29. The largest absolute Gasteiger partial charge is 0.507 e. The number of hydrogen-bond acceptors (Lipinski definition) is 3. The molecule has 0 saturated heterocycles. The third-order valence-electron chi connectivity index (χ3n) is 2.79. The number of phenols is 1. The molecule has 1 rings (SSSR count). The average Bonchev–Trinajstić information content (AvgIpc) is 2.26. The number of phenolic OH excluding ortho intramolecular Hbond substituents is 1. The smallest absolute Gasteiger partial charge is 0.305 e. The highest BCUT2D eigenvalue weighted by Crippen LogP contribution is 2.26. The Morgan fingerprint density at radius 1 is 1.30 bits per heavy atom. The SMILES string of the molecule is CC(C)(C)N(CCC(=O)O)C(=O)c1ccc(Br)cc1O. The second-order valence-corrected chi connectivity index (χ2v) is 6.35. The summed E-state index contributed by atoms with van der Waals surface area (Å²) in [6, 6.07) is 4.61. The number of aliphatic carboxylic acids is 1. The summed E-state index contributed by atoms with van der Waals surface area (Å²) in [6.07, 6.45) is -0.139. The van der Waals surface area contributed by atoms with Crippen LogP contribution in [0.15, 0.2) is 22.7 Å². The van der Waals surface area contributed by atoms with Crippen LogP contribution >= 0.6 is 15.9 Å². The van der Waals surface area contributed by atoms with Gasteiger partial charge in [-0.05, 0) is 39.0 Å². The van der Waals surface area contributed by atoms with Crippen LogP contribution in [0.25, 0.3) is 0 Å². The summed E-state index contributed by atoms with van der Waals surface area (Å²) in [5.74, 6) is -1.48. The van der Waals surface area contributed by atoms with Gasteiger partial charge in [0.05, 0.1) is 12.0 Å². The number of nitrogens with zero attached hydrogens (tertiary/aromatic N) is 1. The molecule has 6 heteroatoms. The molecule has 0 unspecified atom stereocenters. The maximum atomic E-state index is 12.5. The summed E-state index contributed by atoms with van der Waals surface area (Å²) in [5, 5.41) is 18.6. The molecule has 0 aliphatic rings. The molecular weight excluding hydrogens is 326 g/mol. The first-order valence-electron chi connectivity index (χ1n) is 6.15. The third kappa shape index (κ3) is 4.23. The number of carboxylic acids is 1. The summed E-state index contributed by atoms with van der Waals surface area (Å²) in [6.45, 7) is 5.56. The molecule has 1 aromatic rings. The van der Waals surface area contributed by atoms with Crippen LogP contribution < -0.4 is 0 Å². The number of amides is 1. The molecule has 2 N–H and O–H groups in total. The van der Waals surface area contributed by atoms with Gasteiger partial charge in [0.2, 0.25) is 0 Å². The summed E-state index contributed by atoms with van der Waals surface area (Å²) in [7, 11) is 0. The van der Waals surface area contributed by atoms with Crippen LogP contribution in [-0.4, -0.2) is 39.1 Å². The maximum Gasteiger partial charge on any atom is 0.305 e. The topological polar surface area (TPSA) is 77.8 Å². The van der Waals surface area contributed by atoms with Gasteiger partial charge in [-0.25, -0.2) is 0 Å². The van der Waals surface area contributed by atoms with E-state index in [0.29, 0.717) is 4.47 Å². The van der Waals surface area contributed by atoms with E-state index in [0.717, 1.165) is 0 Å². The van der Waals surface area contributed by atoms with Crippen LogP contribution in [0.2, 0.25) is 0 Å². The first-order chi connectivity index (χ1) is 9.12. The zero-order valence-electron chi connectivity index (χ0n) is 11.7. The van der Waals surface area contributed by atoms with E-state index >= 15 is 0 Å². The van der Waals surface area contributed by atoms with Crippen LogP contribution in [0.3, 0.4) is 0 Å². The Morgan fingerprint density at radius 2 is 1.90 bits per heavy atom. The van der Waals surface area contributed by atoms with Crippen molar-refractivity contribution in [2.45, 2.75) is 32.7 Å². The first kappa shape index (κ1) is 16.5. The van der Waals surface area contributed by atoms with E-state index in [2.05, 4.69) is 15.9 Å². The number of carbonyl (C=O) groups is 2. The van der Waals surface area contributed by atoms with Gasteiger partial charge in [0.15, 0.2) is 0 Å². The molecule has 0 aliphatic carbocycles. The lowest BCUT2D eigenvalue weighted by Gasteiger charge is -2.35. The Labute approximate surface area is 126 Å². The first-order valence-corrected chi connectivity index (χ1v) is 6.94. The van der Waals surface area contributed by atoms with E-state index < -0.39 is 11.5 Å². The van der Waals surface area contributed by atoms with Crippen LogP contribution in [0.4, 0.5) is 0 Å². The van der Waals surface area contributed by atoms with Gasteiger partial charge < -0.3 is 15.1 Å². The fourth-order valence-corrected chi connectivity index (χ4v) is 2.13. The Balaban J connectivity index is 3.07. The van der Waals surface area contributed by atoms with Crippen LogP contribution in [0, 0.1) is 0 Å². The van der Waals surface area contributed by atoms with Crippen molar-refractivity contribution in [3.63, 3.8) is 0 Å². The monoisotopic (exact) mass is 343 g/mol. The van der Waals surface area contributed by atoms with Crippen molar-refractivity contribution in [3.8, 4) is 5.75 Å². The van der Waals surface area contributed by atoms with Gasteiger partial charge in [-0.15, -0.1) is 0 Å².